The van der Waals surface area contributed by atoms with Gasteiger partial charge in [0, 0.05) is 24.7 Å². The van der Waals surface area contributed by atoms with Gasteiger partial charge in [0.1, 0.15) is 5.69 Å². The van der Waals surface area contributed by atoms with Crippen molar-refractivity contribution in [2.75, 3.05) is 6.54 Å². The van der Waals surface area contributed by atoms with Crippen LogP contribution in [0.15, 0.2) is 41.4 Å². The van der Waals surface area contributed by atoms with Gasteiger partial charge < -0.3 is 5.32 Å². The van der Waals surface area contributed by atoms with Gasteiger partial charge in [0.25, 0.3) is 15.9 Å². The monoisotopic (exact) mass is 346 g/mol. The highest BCUT2D eigenvalue weighted by Crippen LogP contribution is 2.27. The Hall–Kier alpha value is -2.41. The summed E-state index contributed by atoms with van der Waals surface area (Å²) in [4.78, 5) is 24.5. The third kappa shape index (κ3) is 2.75. The zero-order chi connectivity index (χ0) is 17.3. The van der Waals surface area contributed by atoms with Crippen molar-refractivity contribution in [1.29, 1.82) is 0 Å². The van der Waals surface area contributed by atoms with Gasteiger partial charge in [0.15, 0.2) is 5.78 Å². The molecule has 2 heterocycles. The molecule has 1 aromatic carbocycles. The number of carbonyl (C=O) groups excluding carboxylic acids is 2. The number of ketones is 1. The number of nitrogens with one attached hydrogen (secondary N) is 1. The number of rotatable bonds is 4. The molecule has 6 nitrogen and oxygen atoms in total. The van der Waals surface area contributed by atoms with E-state index in [2.05, 4.69) is 5.32 Å². The number of unbranched alkanes of at least 4 members (excludes halogenated alkanes) is 1. The molecule has 0 unspecified atom stereocenters. The van der Waals surface area contributed by atoms with E-state index in [1.54, 1.807) is 0 Å². The van der Waals surface area contributed by atoms with Crippen molar-refractivity contribution >= 4 is 21.7 Å². The molecular formula is C17H18N2O4S. The number of carbonyl (C=O) groups is 2. The maximum Gasteiger partial charge on any atom is 0.268 e. The Labute approximate surface area is 140 Å². The molecule has 0 radical (unpaired) electrons. The second kappa shape index (κ2) is 6.24. The van der Waals surface area contributed by atoms with Crippen LogP contribution in [0.4, 0.5) is 0 Å². The Balaban J connectivity index is 2.00. The summed E-state index contributed by atoms with van der Waals surface area (Å²) >= 11 is 0. The Morgan fingerprint density at radius 2 is 2.08 bits per heavy atom. The molecule has 24 heavy (non-hydrogen) atoms. The first kappa shape index (κ1) is 16.4. The molecule has 126 valence electrons. The SMILES string of the molecule is CCCCNC(=O)c1ccc2c(c1)CC(=O)c1cccn1S2(=O)=O. The highest BCUT2D eigenvalue weighted by molar-refractivity contribution is 7.90. The van der Waals surface area contributed by atoms with Crippen molar-refractivity contribution in [1.82, 2.24) is 9.29 Å². The summed E-state index contributed by atoms with van der Waals surface area (Å²) in [6.45, 7) is 2.59. The molecule has 0 atom stereocenters. The first-order valence-corrected chi connectivity index (χ1v) is 9.26. The predicted octanol–water partition coefficient (Wildman–Crippen LogP) is 1.99. The van der Waals surface area contributed by atoms with E-state index in [0.717, 1.165) is 16.8 Å². The van der Waals surface area contributed by atoms with Crippen LogP contribution < -0.4 is 5.32 Å². The number of Topliss-reactive ketones (excluding diaryl/α,β-unsaturated/α-hetero) is 1. The lowest BCUT2D eigenvalue weighted by molar-refractivity contribution is 0.0949. The highest BCUT2D eigenvalue weighted by atomic mass is 32.2. The minimum Gasteiger partial charge on any atom is -0.352 e. The van der Waals surface area contributed by atoms with Gasteiger partial charge in [0.05, 0.1) is 4.90 Å². The molecule has 3 rings (SSSR count). The number of aromatic nitrogens is 1. The molecular weight excluding hydrogens is 328 g/mol. The van der Waals surface area contributed by atoms with Crippen molar-refractivity contribution in [3.63, 3.8) is 0 Å². The summed E-state index contributed by atoms with van der Waals surface area (Å²) in [5, 5.41) is 2.79. The summed E-state index contributed by atoms with van der Waals surface area (Å²) in [7, 11) is -3.83. The smallest absolute Gasteiger partial charge is 0.268 e. The molecule has 1 N–H and O–H groups in total. The maximum atomic E-state index is 12.7. The van der Waals surface area contributed by atoms with Gasteiger partial charge in [-0.3, -0.25) is 9.59 Å². The van der Waals surface area contributed by atoms with E-state index in [-0.39, 0.29) is 28.7 Å². The van der Waals surface area contributed by atoms with Gasteiger partial charge in [-0.2, -0.15) is 0 Å². The van der Waals surface area contributed by atoms with Crippen LogP contribution in [-0.2, 0) is 16.4 Å². The Kier molecular flexibility index (Phi) is 4.28. The van der Waals surface area contributed by atoms with Gasteiger partial charge in [-0.05, 0) is 42.3 Å². The fraction of sp³-hybridized carbons (Fsp3) is 0.294. The lowest BCUT2D eigenvalue weighted by Crippen LogP contribution is -2.24. The quantitative estimate of drug-likeness (QED) is 0.858. The third-order valence-corrected chi connectivity index (χ3v) is 5.82. The molecule has 1 aliphatic rings. The van der Waals surface area contributed by atoms with Gasteiger partial charge in [-0.15, -0.1) is 0 Å². The van der Waals surface area contributed by atoms with Crippen molar-refractivity contribution in [3.8, 4) is 0 Å². The van der Waals surface area contributed by atoms with Crippen LogP contribution in [0.25, 0.3) is 0 Å². The summed E-state index contributed by atoms with van der Waals surface area (Å²) in [5.74, 6) is -0.550. The van der Waals surface area contributed by atoms with Crippen LogP contribution in [0.5, 0.6) is 0 Å². The van der Waals surface area contributed by atoms with E-state index in [1.807, 2.05) is 6.92 Å². The predicted molar refractivity (Wildman–Crippen MR) is 88.7 cm³/mol. The molecule has 0 saturated carbocycles. The Bertz CT molecular complexity index is 912. The fourth-order valence-corrected chi connectivity index (χ4v) is 4.32. The van der Waals surface area contributed by atoms with Crippen LogP contribution in [0, 0.1) is 0 Å². The van der Waals surface area contributed by atoms with Gasteiger partial charge >= 0.3 is 0 Å². The maximum absolute atomic E-state index is 12.7. The molecule has 0 fully saturated rings. The van der Waals surface area contributed by atoms with Crippen LogP contribution in [0.3, 0.4) is 0 Å². The minimum absolute atomic E-state index is 0.0470. The number of amides is 1. The lowest BCUT2D eigenvalue weighted by Gasteiger charge is -2.10. The zero-order valence-corrected chi connectivity index (χ0v) is 14.1. The second-order valence-corrected chi connectivity index (χ2v) is 7.51. The molecule has 2 aromatic rings. The normalized spacial score (nSPS) is 15.3. The lowest BCUT2D eigenvalue weighted by atomic mass is 10.0. The van der Waals surface area contributed by atoms with Crippen molar-refractivity contribution < 1.29 is 18.0 Å². The first-order chi connectivity index (χ1) is 11.4. The molecule has 0 spiro atoms. The number of benzene rings is 1. The topological polar surface area (TPSA) is 85.2 Å². The molecule has 0 aliphatic carbocycles. The number of hydrogen-bond donors (Lipinski definition) is 1. The number of fused-ring (bicyclic) bond motifs is 2. The molecule has 0 bridgehead atoms. The van der Waals surface area contributed by atoms with E-state index in [4.69, 9.17) is 0 Å². The zero-order valence-electron chi connectivity index (χ0n) is 13.3. The summed E-state index contributed by atoms with van der Waals surface area (Å²) in [6.07, 6.45) is 3.16. The van der Waals surface area contributed by atoms with E-state index in [1.165, 1.54) is 36.5 Å². The van der Waals surface area contributed by atoms with Crippen LogP contribution in [0.1, 0.15) is 46.2 Å². The van der Waals surface area contributed by atoms with E-state index >= 15 is 0 Å². The summed E-state index contributed by atoms with van der Waals surface area (Å²) in [5.41, 5.74) is 0.853. The average molecular weight is 346 g/mol. The molecule has 1 aliphatic heterocycles. The first-order valence-electron chi connectivity index (χ1n) is 7.82. The van der Waals surface area contributed by atoms with Gasteiger partial charge in [-0.25, -0.2) is 12.4 Å². The van der Waals surface area contributed by atoms with Gasteiger partial charge in [-0.1, -0.05) is 13.3 Å². The molecule has 1 amide bonds. The third-order valence-electron chi connectivity index (χ3n) is 4.03. The average Bonchev–Trinajstić information content (AvgIpc) is 3.02. The van der Waals surface area contributed by atoms with Crippen molar-refractivity contribution in [2.24, 2.45) is 0 Å². The second-order valence-electron chi connectivity index (χ2n) is 5.73. The fourth-order valence-electron chi connectivity index (χ4n) is 2.75. The Morgan fingerprint density at radius 1 is 1.29 bits per heavy atom. The van der Waals surface area contributed by atoms with Crippen molar-refractivity contribution in [2.45, 2.75) is 31.1 Å². The standard InChI is InChI=1S/C17H18N2O4S/c1-2-3-8-18-17(21)12-6-7-16-13(10-12)11-15(20)14-5-4-9-19(14)24(16,22)23/h4-7,9-10H,2-3,8,11H2,1H3,(H,18,21). The molecule has 1 aromatic heterocycles. The van der Waals surface area contributed by atoms with Crippen LogP contribution >= 0.6 is 0 Å². The van der Waals surface area contributed by atoms with E-state index in [0.29, 0.717) is 17.7 Å². The van der Waals surface area contributed by atoms with E-state index < -0.39 is 10.0 Å². The molecule has 0 saturated heterocycles. The number of nitrogens with zero attached hydrogens (tertiary/aromatic N) is 1. The minimum atomic E-state index is -3.83. The highest BCUT2D eigenvalue weighted by Gasteiger charge is 2.30. The summed E-state index contributed by atoms with van der Waals surface area (Å²) in [6, 6.07) is 7.41. The van der Waals surface area contributed by atoms with E-state index in [9.17, 15) is 18.0 Å². The van der Waals surface area contributed by atoms with Gasteiger partial charge in [0.2, 0.25) is 0 Å². The Morgan fingerprint density at radius 3 is 2.83 bits per heavy atom. The summed E-state index contributed by atoms with van der Waals surface area (Å²) < 4.78 is 26.5. The van der Waals surface area contributed by atoms with Crippen LogP contribution in [-0.4, -0.2) is 30.6 Å². The molecule has 7 heteroatoms. The van der Waals surface area contributed by atoms with Crippen molar-refractivity contribution in [3.05, 3.63) is 53.3 Å². The van der Waals surface area contributed by atoms with Crippen LogP contribution in [0.2, 0.25) is 0 Å². The largest absolute Gasteiger partial charge is 0.352 e. The number of hydrogen-bond acceptors (Lipinski definition) is 4.